The molecule has 23 heavy (non-hydrogen) atoms. The van der Waals surface area contributed by atoms with Crippen LogP contribution in [0.5, 0.6) is 0 Å². The lowest BCUT2D eigenvalue weighted by Crippen LogP contribution is -2.21. The summed E-state index contributed by atoms with van der Waals surface area (Å²) in [5.74, 6) is -1.22. The summed E-state index contributed by atoms with van der Waals surface area (Å²) in [6, 6.07) is 16.4. The second kappa shape index (κ2) is 7.89. The number of hydrazone groups is 1. The van der Waals surface area contributed by atoms with E-state index < -0.39 is 5.97 Å². The van der Waals surface area contributed by atoms with E-state index in [2.05, 4.69) is 10.5 Å². The van der Waals surface area contributed by atoms with Crippen molar-refractivity contribution in [2.24, 2.45) is 5.10 Å². The fourth-order valence-corrected chi connectivity index (χ4v) is 2.13. The Kier molecular flexibility index (Phi) is 5.63. The zero-order valence-electron chi connectivity index (χ0n) is 12.8. The molecular formula is C18H18N2O3. The molecule has 0 heterocycles. The van der Waals surface area contributed by atoms with Crippen molar-refractivity contribution in [3.63, 3.8) is 0 Å². The van der Waals surface area contributed by atoms with Gasteiger partial charge < -0.3 is 5.11 Å². The molecule has 5 heteroatoms. The number of benzene rings is 2. The first kappa shape index (κ1) is 16.4. The molecule has 1 amide bonds. The molecule has 2 aromatic rings. The van der Waals surface area contributed by atoms with Gasteiger partial charge in [-0.1, -0.05) is 48.5 Å². The second-order valence-corrected chi connectivity index (χ2v) is 5.07. The van der Waals surface area contributed by atoms with Gasteiger partial charge in [-0.15, -0.1) is 0 Å². The van der Waals surface area contributed by atoms with Gasteiger partial charge >= 0.3 is 5.97 Å². The third-order valence-electron chi connectivity index (χ3n) is 3.36. The maximum atomic E-state index is 12.2. The van der Waals surface area contributed by atoms with Gasteiger partial charge in [0.05, 0.1) is 12.1 Å². The summed E-state index contributed by atoms with van der Waals surface area (Å²) in [6.07, 6.45) is 0.196. The Hall–Kier alpha value is -2.95. The summed E-state index contributed by atoms with van der Waals surface area (Å²) in [4.78, 5) is 23.0. The van der Waals surface area contributed by atoms with Gasteiger partial charge in [-0.2, -0.15) is 5.10 Å². The molecule has 0 saturated heterocycles. The van der Waals surface area contributed by atoms with Gasteiger partial charge in [-0.25, -0.2) is 5.43 Å². The maximum absolute atomic E-state index is 12.2. The predicted octanol–water partition coefficient (Wildman–Crippen LogP) is 2.99. The van der Waals surface area contributed by atoms with Crippen LogP contribution in [0.1, 0.15) is 34.3 Å². The summed E-state index contributed by atoms with van der Waals surface area (Å²) in [7, 11) is 0. The van der Waals surface area contributed by atoms with E-state index in [0.717, 1.165) is 11.1 Å². The minimum atomic E-state index is -0.904. The topological polar surface area (TPSA) is 78.8 Å². The number of aliphatic carboxylic acids is 1. The highest BCUT2D eigenvalue weighted by atomic mass is 16.4. The summed E-state index contributed by atoms with van der Waals surface area (Å²) in [6.45, 7) is 1.85. The number of carboxylic acids is 1. The van der Waals surface area contributed by atoms with Crippen LogP contribution in [-0.2, 0) is 4.79 Å². The van der Waals surface area contributed by atoms with Crippen molar-refractivity contribution in [1.82, 2.24) is 5.43 Å². The molecule has 0 fully saturated rings. The van der Waals surface area contributed by atoms with Gasteiger partial charge in [0.25, 0.3) is 5.91 Å². The molecule has 2 N–H and O–H groups in total. The molecule has 0 aliphatic carbocycles. The van der Waals surface area contributed by atoms with Crippen molar-refractivity contribution in [3.05, 3.63) is 71.3 Å². The van der Waals surface area contributed by atoms with Crippen LogP contribution in [0, 0.1) is 6.92 Å². The van der Waals surface area contributed by atoms with Crippen LogP contribution < -0.4 is 5.43 Å². The first-order valence-electron chi connectivity index (χ1n) is 7.27. The lowest BCUT2D eigenvalue weighted by molar-refractivity contribution is -0.136. The first-order chi connectivity index (χ1) is 11.1. The van der Waals surface area contributed by atoms with E-state index in [9.17, 15) is 9.59 Å². The Bertz CT molecular complexity index is 724. The van der Waals surface area contributed by atoms with Gasteiger partial charge in [-0.05, 0) is 24.1 Å². The number of amides is 1. The van der Waals surface area contributed by atoms with Crippen LogP contribution in [0.4, 0.5) is 0 Å². The molecule has 0 aliphatic heterocycles. The van der Waals surface area contributed by atoms with Crippen LogP contribution in [0.2, 0.25) is 0 Å². The highest BCUT2D eigenvalue weighted by molar-refractivity contribution is 6.03. The van der Waals surface area contributed by atoms with Crippen molar-refractivity contribution in [1.29, 1.82) is 0 Å². The normalized spacial score (nSPS) is 11.1. The summed E-state index contributed by atoms with van der Waals surface area (Å²) >= 11 is 0. The number of carbonyl (C=O) groups is 2. The highest BCUT2D eigenvalue weighted by Gasteiger charge is 2.10. The zero-order valence-corrected chi connectivity index (χ0v) is 12.8. The zero-order chi connectivity index (χ0) is 16.7. The smallest absolute Gasteiger partial charge is 0.303 e. The van der Waals surface area contributed by atoms with Crippen molar-refractivity contribution in [2.75, 3.05) is 0 Å². The van der Waals surface area contributed by atoms with Gasteiger partial charge in [-0.3, -0.25) is 9.59 Å². The fourth-order valence-electron chi connectivity index (χ4n) is 2.13. The number of nitrogens with one attached hydrogen (secondary N) is 1. The molecule has 0 unspecified atom stereocenters. The van der Waals surface area contributed by atoms with Gasteiger partial charge in [0, 0.05) is 12.0 Å². The fraction of sp³-hybridized carbons (Fsp3) is 0.167. The van der Waals surface area contributed by atoms with E-state index in [-0.39, 0.29) is 18.7 Å². The van der Waals surface area contributed by atoms with Gasteiger partial charge in [0.15, 0.2) is 0 Å². The number of aryl methyl sites for hydroxylation is 1. The predicted molar refractivity (Wildman–Crippen MR) is 88.5 cm³/mol. The van der Waals surface area contributed by atoms with Crippen LogP contribution in [0.15, 0.2) is 59.7 Å². The molecule has 0 aromatic heterocycles. The van der Waals surface area contributed by atoms with Crippen LogP contribution in [0.25, 0.3) is 0 Å². The monoisotopic (exact) mass is 310 g/mol. The number of hydrogen-bond donors (Lipinski definition) is 2. The van der Waals surface area contributed by atoms with Crippen molar-refractivity contribution in [2.45, 2.75) is 19.8 Å². The van der Waals surface area contributed by atoms with E-state index in [1.807, 2.05) is 49.4 Å². The molecule has 0 atom stereocenters. The van der Waals surface area contributed by atoms with Crippen molar-refractivity contribution < 1.29 is 14.7 Å². The van der Waals surface area contributed by atoms with Crippen LogP contribution in [0.3, 0.4) is 0 Å². The minimum absolute atomic E-state index is 0.0477. The van der Waals surface area contributed by atoms with E-state index in [1.54, 1.807) is 12.1 Å². The third-order valence-corrected chi connectivity index (χ3v) is 3.36. The third kappa shape index (κ3) is 4.78. The molecule has 2 aromatic carbocycles. The van der Waals surface area contributed by atoms with E-state index >= 15 is 0 Å². The molecular weight excluding hydrogens is 292 g/mol. The Morgan fingerprint density at radius 2 is 1.65 bits per heavy atom. The van der Waals surface area contributed by atoms with E-state index in [1.165, 1.54) is 0 Å². The van der Waals surface area contributed by atoms with Crippen LogP contribution >= 0.6 is 0 Å². The second-order valence-electron chi connectivity index (χ2n) is 5.07. The largest absolute Gasteiger partial charge is 0.481 e. The quantitative estimate of drug-likeness (QED) is 0.636. The first-order valence-corrected chi connectivity index (χ1v) is 7.27. The number of hydrogen-bond acceptors (Lipinski definition) is 3. The van der Waals surface area contributed by atoms with E-state index in [4.69, 9.17) is 5.11 Å². The minimum Gasteiger partial charge on any atom is -0.481 e. The Morgan fingerprint density at radius 3 is 2.30 bits per heavy atom. The number of rotatable bonds is 6. The summed E-state index contributed by atoms with van der Waals surface area (Å²) < 4.78 is 0. The molecule has 0 saturated carbocycles. The molecule has 5 nitrogen and oxygen atoms in total. The average molecular weight is 310 g/mol. The average Bonchev–Trinajstić information content (AvgIpc) is 2.55. The standard InChI is InChI=1S/C18H18N2O3/c1-13-7-5-6-10-15(13)18(23)20-19-16(11-12-17(21)22)14-8-3-2-4-9-14/h2-10H,11-12H2,1H3,(H,20,23)(H,21,22)/b19-16+. The number of carbonyl (C=O) groups excluding carboxylic acids is 1. The Balaban J connectivity index is 2.18. The summed E-state index contributed by atoms with van der Waals surface area (Å²) in [5.41, 5.74) is 5.24. The Labute approximate surface area is 134 Å². The molecule has 0 spiro atoms. The maximum Gasteiger partial charge on any atom is 0.303 e. The van der Waals surface area contributed by atoms with Crippen LogP contribution in [-0.4, -0.2) is 22.7 Å². The number of nitrogens with zero attached hydrogens (tertiary/aromatic N) is 1. The lowest BCUT2D eigenvalue weighted by Gasteiger charge is -2.08. The summed E-state index contributed by atoms with van der Waals surface area (Å²) in [5, 5.41) is 13.0. The lowest BCUT2D eigenvalue weighted by atomic mass is 10.1. The van der Waals surface area contributed by atoms with Gasteiger partial charge in [0.1, 0.15) is 0 Å². The molecule has 2 rings (SSSR count). The molecule has 0 radical (unpaired) electrons. The van der Waals surface area contributed by atoms with Gasteiger partial charge in [0.2, 0.25) is 0 Å². The molecule has 0 aliphatic rings. The molecule has 0 bridgehead atoms. The Morgan fingerprint density at radius 1 is 1.00 bits per heavy atom. The SMILES string of the molecule is Cc1ccccc1C(=O)N/N=C(\CCC(=O)O)c1ccccc1. The van der Waals surface area contributed by atoms with E-state index in [0.29, 0.717) is 11.3 Å². The van der Waals surface area contributed by atoms with Crippen molar-refractivity contribution in [3.8, 4) is 0 Å². The number of carboxylic acid groups (broad SMARTS) is 1. The highest BCUT2D eigenvalue weighted by Crippen LogP contribution is 2.09. The van der Waals surface area contributed by atoms with Crippen molar-refractivity contribution >= 4 is 17.6 Å². The molecule has 118 valence electrons.